The topological polar surface area (TPSA) is 6.48 Å². The minimum atomic E-state index is 0.752. The Morgan fingerprint density at radius 1 is 1.07 bits per heavy atom. The second kappa shape index (κ2) is 9.49. The predicted octanol–water partition coefficient (Wildman–Crippen LogP) is 2.22. The molecule has 0 spiro atoms. The van der Waals surface area contributed by atoms with E-state index in [2.05, 4.69) is 50.4 Å². The summed E-state index contributed by atoms with van der Waals surface area (Å²) in [4.78, 5) is 4.83. The van der Waals surface area contributed by atoms with Crippen LogP contribution >= 0.6 is 12.6 Å². The fourth-order valence-electron chi connectivity index (χ4n) is 1.63. The summed E-state index contributed by atoms with van der Waals surface area (Å²) in [6.07, 6.45) is 2.49. The lowest BCUT2D eigenvalue weighted by Crippen LogP contribution is -2.36. The summed E-state index contributed by atoms with van der Waals surface area (Å²) in [5.41, 5.74) is 0. The van der Waals surface area contributed by atoms with E-state index in [4.69, 9.17) is 0 Å². The van der Waals surface area contributed by atoms with Crippen molar-refractivity contribution in [2.45, 2.75) is 26.7 Å². The van der Waals surface area contributed by atoms with Gasteiger partial charge in [0.1, 0.15) is 0 Å². The molecule has 1 atom stereocenters. The molecule has 0 heterocycles. The number of hydrogen-bond acceptors (Lipinski definition) is 3. The van der Waals surface area contributed by atoms with Crippen molar-refractivity contribution < 1.29 is 0 Å². The molecule has 0 rings (SSSR count). The third kappa shape index (κ3) is 8.12. The number of likely N-dealkylation sites (N-methyl/N-ethyl adjacent to an activating group) is 1. The van der Waals surface area contributed by atoms with Gasteiger partial charge in [-0.3, -0.25) is 0 Å². The summed E-state index contributed by atoms with van der Waals surface area (Å²) in [5, 5.41) is 0. The molecule has 0 saturated heterocycles. The summed E-state index contributed by atoms with van der Waals surface area (Å²) >= 11 is 4.41. The van der Waals surface area contributed by atoms with Crippen LogP contribution in [0.4, 0.5) is 0 Å². The van der Waals surface area contributed by atoms with Crippen molar-refractivity contribution in [3.63, 3.8) is 0 Å². The molecule has 0 aliphatic carbocycles. The molecule has 0 aromatic carbocycles. The van der Waals surface area contributed by atoms with Crippen LogP contribution in [0.5, 0.6) is 0 Å². The van der Waals surface area contributed by atoms with Gasteiger partial charge in [0, 0.05) is 19.6 Å². The van der Waals surface area contributed by atoms with E-state index >= 15 is 0 Å². The van der Waals surface area contributed by atoms with Gasteiger partial charge < -0.3 is 9.80 Å². The molecule has 0 bridgehead atoms. The van der Waals surface area contributed by atoms with Gasteiger partial charge >= 0.3 is 0 Å². The zero-order valence-electron chi connectivity index (χ0n) is 10.9. The van der Waals surface area contributed by atoms with Gasteiger partial charge in [0.2, 0.25) is 0 Å². The molecule has 3 heteroatoms. The zero-order chi connectivity index (χ0) is 11.7. The van der Waals surface area contributed by atoms with Gasteiger partial charge in [-0.25, -0.2) is 0 Å². The van der Waals surface area contributed by atoms with Crippen molar-refractivity contribution in [1.82, 2.24) is 9.80 Å². The highest BCUT2D eigenvalue weighted by Gasteiger charge is 2.10. The Morgan fingerprint density at radius 2 is 1.73 bits per heavy atom. The van der Waals surface area contributed by atoms with Crippen molar-refractivity contribution in [3.8, 4) is 0 Å². The Labute approximate surface area is 101 Å². The van der Waals surface area contributed by atoms with E-state index in [-0.39, 0.29) is 0 Å². The molecule has 0 aromatic heterocycles. The van der Waals surface area contributed by atoms with Crippen molar-refractivity contribution in [1.29, 1.82) is 0 Å². The van der Waals surface area contributed by atoms with Gasteiger partial charge in [0.15, 0.2) is 0 Å². The Balaban J connectivity index is 3.90. The first-order valence-electron chi connectivity index (χ1n) is 6.11. The molecule has 0 fully saturated rings. The second-order valence-corrected chi connectivity index (χ2v) is 4.93. The molecule has 0 saturated carbocycles. The molecule has 2 nitrogen and oxygen atoms in total. The fourth-order valence-corrected chi connectivity index (χ4v) is 2.01. The fraction of sp³-hybridized carbons (Fsp3) is 1.00. The lowest BCUT2D eigenvalue weighted by molar-refractivity contribution is 0.213. The predicted molar refractivity (Wildman–Crippen MR) is 72.9 cm³/mol. The standard InChI is InChI=1S/C12H28N2S/c1-5-7-14(9-8-13(3)4)10-12(6-2)11-15/h12,15H,5-11H2,1-4H3. The molecule has 92 valence electrons. The first-order valence-corrected chi connectivity index (χ1v) is 6.75. The van der Waals surface area contributed by atoms with Crippen LogP contribution in [0.25, 0.3) is 0 Å². The maximum absolute atomic E-state index is 4.41. The second-order valence-electron chi connectivity index (χ2n) is 4.56. The molecule has 0 aliphatic rings. The van der Waals surface area contributed by atoms with Gasteiger partial charge in [0.05, 0.1) is 0 Å². The van der Waals surface area contributed by atoms with Crippen LogP contribution < -0.4 is 0 Å². The number of thiol groups is 1. The Kier molecular flexibility index (Phi) is 9.66. The molecule has 0 aliphatic heterocycles. The van der Waals surface area contributed by atoms with E-state index in [9.17, 15) is 0 Å². The number of rotatable bonds is 9. The molecule has 0 N–H and O–H groups in total. The van der Waals surface area contributed by atoms with Crippen LogP contribution in [-0.2, 0) is 0 Å². The Bertz CT molecular complexity index is 136. The van der Waals surface area contributed by atoms with Crippen molar-refractivity contribution in [2.75, 3.05) is 46.0 Å². The maximum atomic E-state index is 4.41. The van der Waals surface area contributed by atoms with Gasteiger partial charge in [-0.1, -0.05) is 20.3 Å². The molecule has 0 amide bonds. The number of hydrogen-bond donors (Lipinski definition) is 1. The lowest BCUT2D eigenvalue weighted by Gasteiger charge is -2.27. The Hall–Kier alpha value is 0.270. The average Bonchev–Trinajstić information content (AvgIpc) is 2.22. The molecule has 1 unspecified atom stereocenters. The third-order valence-corrected chi connectivity index (χ3v) is 3.27. The first kappa shape index (κ1) is 15.3. The minimum Gasteiger partial charge on any atom is -0.308 e. The summed E-state index contributed by atoms with van der Waals surface area (Å²) < 4.78 is 0. The molecule has 0 radical (unpaired) electrons. The average molecular weight is 232 g/mol. The van der Waals surface area contributed by atoms with Crippen LogP contribution in [-0.4, -0.2) is 55.8 Å². The van der Waals surface area contributed by atoms with Crippen molar-refractivity contribution in [3.05, 3.63) is 0 Å². The molecular weight excluding hydrogens is 204 g/mol. The van der Waals surface area contributed by atoms with E-state index < -0.39 is 0 Å². The van der Waals surface area contributed by atoms with Crippen molar-refractivity contribution in [2.24, 2.45) is 5.92 Å². The van der Waals surface area contributed by atoms with Crippen LogP contribution in [0.2, 0.25) is 0 Å². The van der Waals surface area contributed by atoms with Crippen LogP contribution in [0.1, 0.15) is 26.7 Å². The van der Waals surface area contributed by atoms with Gasteiger partial charge in [-0.2, -0.15) is 12.6 Å². The van der Waals surface area contributed by atoms with Gasteiger partial charge in [0.25, 0.3) is 0 Å². The maximum Gasteiger partial charge on any atom is 0.0109 e. The van der Waals surface area contributed by atoms with E-state index in [0.29, 0.717) is 0 Å². The van der Waals surface area contributed by atoms with E-state index in [1.165, 1.54) is 32.5 Å². The highest BCUT2D eigenvalue weighted by Crippen LogP contribution is 2.08. The van der Waals surface area contributed by atoms with Crippen molar-refractivity contribution >= 4 is 12.6 Å². The first-order chi connectivity index (χ1) is 7.13. The normalized spacial score (nSPS) is 13.8. The lowest BCUT2D eigenvalue weighted by atomic mass is 10.1. The largest absolute Gasteiger partial charge is 0.308 e. The molecule has 15 heavy (non-hydrogen) atoms. The van der Waals surface area contributed by atoms with Gasteiger partial charge in [-0.05, 0) is 38.7 Å². The van der Waals surface area contributed by atoms with E-state index in [0.717, 1.165) is 18.2 Å². The number of nitrogens with zero attached hydrogens (tertiary/aromatic N) is 2. The van der Waals surface area contributed by atoms with Gasteiger partial charge in [-0.15, -0.1) is 0 Å². The molecule has 0 aromatic rings. The van der Waals surface area contributed by atoms with E-state index in [1.807, 2.05) is 0 Å². The highest BCUT2D eigenvalue weighted by atomic mass is 32.1. The van der Waals surface area contributed by atoms with Crippen LogP contribution in [0, 0.1) is 5.92 Å². The minimum absolute atomic E-state index is 0.752. The summed E-state index contributed by atoms with van der Waals surface area (Å²) in [5.74, 6) is 1.76. The highest BCUT2D eigenvalue weighted by molar-refractivity contribution is 7.80. The third-order valence-electron chi connectivity index (χ3n) is 2.76. The quantitative estimate of drug-likeness (QED) is 0.609. The zero-order valence-corrected chi connectivity index (χ0v) is 11.8. The summed E-state index contributed by atoms with van der Waals surface area (Å²) in [6.45, 7) is 9.29. The summed E-state index contributed by atoms with van der Waals surface area (Å²) in [6, 6.07) is 0. The van der Waals surface area contributed by atoms with E-state index in [1.54, 1.807) is 0 Å². The summed E-state index contributed by atoms with van der Waals surface area (Å²) in [7, 11) is 4.28. The SMILES string of the molecule is CCCN(CCN(C)C)CC(CC)CS. The molecular formula is C12H28N2S. The van der Waals surface area contributed by atoms with Crippen LogP contribution in [0.3, 0.4) is 0 Å². The monoisotopic (exact) mass is 232 g/mol. The Morgan fingerprint density at radius 3 is 2.13 bits per heavy atom. The van der Waals surface area contributed by atoms with Crippen LogP contribution in [0.15, 0.2) is 0 Å². The smallest absolute Gasteiger partial charge is 0.0109 e.